The fraction of sp³-hybridized carbons (Fsp3) is 0.118. The minimum atomic E-state index is -0.693. The molecule has 0 unspecified atom stereocenters. The molecule has 3 heteroatoms. The molecule has 0 fully saturated rings. The largest absolute Gasteiger partial charge is 0.207 e. The van der Waals surface area contributed by atoms with Gasteiger partial charge in [-0.3, -0.25) is 0 Å². The van der Waals surface area contributed by atoms with Gasteiger partial charge in [0.1, 0.15) is 11.6 Å². The zero-order valence-electron chi connectivity index (χ0n) is 11.2. The van der Waals surface area contributed by atoms with Gasteiger partial charge in [0, 0.05) is 6.07 Å². The Kier molecular flexibility index (Phi) is 3.95. The maximum atomic E-state index is 13.2. The molecule has 2 aromatic carbocycles. The van der Waals surface area contributed by atoms with Crippen molar-refractivity contribution < 1.29 is 8.78 Å². The third-order valence-electron chi connectivity index (χ3n) is 3.14. The average molecular weight is 269 g/mol. The van der Waals surface area contributed by atoms with Crippen LogP contribution >= 0.6 is 0 Å². The highest BCUT2D eigenvalue weighted by atomic mass is 19.1. The first-order chi connectivity index (χ1) is 9.49. The molecule has 0 bridgehead atoms. The molecule has 0 amide bonds. The third kappa shape index (κ3) is 3.10. The second-order valence-electron chi connectivity index (χ2n) is 4.67. The third-order valence-corrected chi connectivity index (χ3v) is 3.14. The van der Waals surface area contributed by atoms with Gasteiger partial charge in [0.2, 0.25) is 0 Å². The fourth-order valence-electron chi connectivity index (χ4n) is 1.91. The average Bonchev–Trinajstić information content (AvgIpc) is 2.38. The molecule has 1 nitrogen and oxygen atoms in total. The predicted molar refractivity (Wildman–Crippen MR) is 75.8 cm³/mol. The van der Waals surface area contributed by atoms with Crippen molar-refractivity contribution in [1.29, 1.82) is 5.26 Å². The number of nitrogens with zero attached hydrogens (tertiary/aromatic N) is 1. The first-order valence-corrected chi connectivity index (χ1v) is 6.15. The summed E-state index contributed by atoms with van der Waals surface area (Å²) in [5.74, 6) is -1.39. The van der Waals surface area contributed by atoms with E-state index in [1.807, 2.05) is 38.1 Å². The topological polar surface area (TPSA) is 23.8 Å². The Bertz CT molecular complexity index is 704. The Morgan fingerprint density at radius 2 is 1.65 bits per heavy atom. The summed E-state index contributed by atoms with van der Waals surface area (Å²) in [5, 5.41) is 9.18. The van der Waals surface area contributed by atoms with Gasteiger partial charge in [0.05, 0.1) is 11.6 Å². The standard InChI is InChI=1S/C17H13F2N/c1-11-3-4-13(5-12(11)2)6-15(10-20)14-7-16(18)9-17(19)8-14/h3-9H,1-2H3. The van der Waals surface area contributed by atoms with Crippen LogP contribution in [-0.4, -0.2) is 0 Å². The molecule has 100 valence electrons. The number of halogens is 2. The van der Waals surface area contributed by atoms with Crippen LogP contribution in [-0.2, 0) is 0 Å². The van der Waals surface area contributed by atoms with Crippen LogP contribution in [0.15, 0.2) is 36.4 Å². The van der Waals surface area contributed by atoms with E-state index in [0.29, 0.717) is 0 Å². The highest BCUT2D eigenvalue weighted by Gasteiger charge is 2.06. The van der Waals surface area contributed by atoms with Crippen LogP contribution in [0.25, 0.3) is 11.6 Å². The Morgan fingerprint density at radius 3 is 2.20 bits per heavy atom. The highest BCUT2D eigenvalue weighted by Crippen LogP contribution is 2.21. The fourth-order valence-corrected chi connectivity index (χ4v) is 1.91. The van der Waals surface area contributed by atoms with E-state index in [4.69, 9.17) is 0 Å². The van der Waals surface area contributed by atoms with Crippen LogP contribution < -0.4 is 0 Å². The minimum Gasteiger partial charge on any atom is -0.207 e. The summed E-state index contributed by atoms with van der Waals surface area (Å²) in [4.78, 5) is 0. The van der Waals surface area contributed by atoms with Gasteiger partial charge >= 0.3 is 0 Å². The summed E-state index contributed by atoms with van der Waals surface area (Å²) in [6.45, 7) is 3.97. The molecular formula is C17H13F2N. The molecule has 0 N–H and O–H groups in total. The second kappa shape index (κ2) is 5.66. The van der Waals surface area contributed by atoms with E-state index in [9.17, 15) is 14.0 Å². The quantitative estimate of drug-likeness (QED) is 0.575. The number of benzene rings is 2. The van der Waals surface area contributed by atoms with Crippen molar-refractivity contribution in [3.05, 3.63) is 70.3 Å². The number of hydrogen-bond donors (Lipinski definition) is 0. The molecule has 0 spiro atoms. The van der Waals surface area contributed by atoms with Gasteiger partial charge in [0.15, 0.2) is 0 Å². The van der Waals surface area contributed by atoms with E-state index >= 15 is 0 Å². The Balaban J connectivity index is 2.48. The zero-order chi connectivity index (χ0) is 14.7. The van der Waals surface area contributed by atoms with Gasteiger partial charge in [0.25, 0.3) is 0 Å². The maximum Gasteiger partial charge on any atom is 0.126 e. The van der Waals surface area contributed by atoms with Crippen molar-refractivity contribution >= 4 is 11.6 Å². The molecular weight excluding hydrogens is 256 g/mol. The number of allylic oxidation sites excluding steroid dienone is 1. The summed E-state index contributed by atoms with van der Waals surface area (Å²) in [7, 11) is 0. The van der Waals surface area contributed by atoms with Crippen LogP contribution in [0, 0.1) is 36.8 Å². The van der Waals surface area contributed by atoms with Gasteiger partial charge in [-0.1, -0.05) is 18.2 Å². The van der Waals surface area contributed by atoms with Crippen molar-refractivity contribution in [3.8, 4) is 6.07 Å². The molecule has 0 aliphatic heterocycles. The lowest BCUT2D eigenvalue weighted by molar-refractivity contribution is 0.582. The van der Waals surface area contributed by atoms with Crippen LogP contribution in [0.5, 0.6) is 0 Å². The minimum absolute atomic E-state index is 0.228. The molecule has 0 aliphatic rings. The molecule has 0 aromatic heterocycles. The molecule has 2 aromatic rings. The summed E-state index contributed by atoms with van der Waals surface area (Å²) in [6.07, 6.45) is 1.63. The molecule has 0 heterocycles. The van der Waals surface area contributed by atoms with Gasteiger partial charge in [-0.05, 0) is 54.3 Å². The first kappa shape index (κ1) is 14.0. The molecule has 0 radical (unpaired) electrons. The van der Waals surface area contributed by atoms with E-state index in [2.05, 4.69) is 0 Å². The van der Waals surface area contributed by atoms with E-state index in [1.54, 1.807) is 6.08 Å². The Hall–Kier alpha value is -2.47. The summed E-state index contributed by atoms with van der Waals surface area (Å²) >= 11 is 0. The van der Waals surface area contributed by atoms with Crippen molar-refractivity contribution in [3.63, 3.8) is 0 Å². The Labute approximate surface area is 116 Å². The highest BCUT2D eigenvalue weighted by molar-refractivity contribution is 5.89. The van der Waals surface area contributed by atoms with Crippen molar-refractivity contribution in [2.24, 2.45) is 0 Å². The molecule has 0 atom stereocenters. The van der Waals surface area contributed by atoms with E-state index in [1.165, 1.54) is 0 Å². The van der Waals surface area contributed by atoms with Crippen molar-refractivity contribution in [2.45, 2.75) is 13.8 Å². The van der Waals surface area contributed by atoms with Gasteiger partial charge in [-0.2, -0.15) is 5.26 Å². The molecule has 0 aliphatic carbocycles. The smallest absolute Gasteiger partial charge is 0.126 e. The summed E-state index contributed by atoms with van der Waals surface area (Å²) in [6, 6.07) is 10.8. The predicted octanol–water partition coefficient (Wildman–Crippen LogP) is 4.65. The SMILES string of the molecule is Cc1ccc(C=C(C#N)c2cc(F)cc(F)c2)cc1C. The van der Waals surface area contributed by atoms with Gasteiger partial charge in [-0.25, -0.2) is 8.78 Å². The van der Waals surface area contributed by atoms with E-state index in [0.717, 1.165) is 34.9 Å². The second-order valence-corrected chi connectivity index (χ2v) is 4.67. The monoisotopic (exact) mass is 269 g/mol. The normalized spacial score (nSPS) is 11.2. The van der Waals surface area contributed by atoms with Crippen LogP contribution in [0.1, 0.15) is 22.3 Å². The van der Waals surface area contributed by atoms with Crippen molar-refractivity contribution in [1.82, 2.24) is 0 Å². The van der Waals surface area contributed by atoms with Crippen molar-refractivity contribution in [2.75, 3.05) is 0 Å². The zero-order valence-corrected chi connectivity index (χ0v) is 11.2. The molecule has 2 rings (SSSR count). The van der Waals surface area contributed by atoms with E-state index in [-0.39, 0.29) is 11.1 Å². The Morgan fingerprint density at radius 1 is 1.00 bits per heavy atom. The summed E-state index contributed by atoms with van der Waals surface area (Å²) in [5.41, 5.74) is 3.54. The maximum absolute atomic E-state index is 13.2. The lowest BCUT2D eigenvalue weighted by Gasteiger charge is -2.03. The van der Waals surface area contributed by atoms with Crippen LogP contribution in [0.3, 0.4) is 0 Å². The number of aryl methyl sites for hydroxylation is 2. The number of rotatable bonds is 2. The van der Waals surface area contributed by atoms with Crippen LogP contribution in [0.4, 0.5) is 8.78 Å². The number of hydrogen-bond acceptors (Lipinski definition) is 1. The summed E-state index contributed by atoms with van der Waals surface area (Å²) < 4.78 is 26.4. The lowest BCUT2D eigenvalue weighted by Crippen LogP contribution is -1.88. The molecule has 0 saturated heterocycles. The molecule has 20 heavy (non-hydrogen) atoms. The molecule has 0 saturated carbocycles. The van der Waals surface area contributed by atoms with Gasteiger partial charge < -0.3 is 0 Å². The van der Waals surface area contributed by atoms with E-state index < -0.39 is 11.6 Å². The van der Waals surface area contributed by atoms with Crippen LogP contribution in [0.2, 0.25) is 0 Å². The lowest BCUT2D eigenvalue weighted by atomic mass is 10.0. The number of nitriles is 1. The first-order valence-electron chi connectivity index (χ1n) is 6.15. The van der Waals surface area contributed by atoms with Gasteiger partial charge in [-0.15, -0.1) is 0 Å².